The highest BCUT2D eigenvalue weighted by atomic mass is 19.3. The summed E-state index contributed by atoms with van der Waals surface area (Å²) in [5, 5.41) is 11.6. The first kappa shape index (κ1) is 29.1. The number of pyridine rings is 1. The number of aliphatic hydroxyl groups is 1. The molecule has 2 aromatic heterocycles. The van der Waals surface area contributed by atoms with Gasteiger partial charge in [0.05, 0.1) is 11.8 Å². The summed E-state index contributed by atoms with van der Waals surface area (Å²) in [6.45, 7) is 7.65. The number of fused-ring (bicyclic) bond motifs is 1. The third-order valence-corrected chi connectivity index (χ3v) is 9.61. The number of benzene rings is 1. The van der Waals surface area contributed by atoms with E-state index in [-0.39, 0.29) is 42.9 Å². The number of anilines is 1. The fourth-order valence-electron chi connectivity index (χ4n) is 7.42. The van der Waals surface area contributed by atoms with Crippen LogP contribution in [-0.2, 0) is 6.42 Å². The van der Waals surface area contributed by atoms with Crippen molar-refractivity contribution in [2.75, 3.05) is 18.0 Å². The number of nitrogens with zero attached hydrogens (tertiary/aromatic N) is 4. The molecule has 1 saturated carbocycles. The van der Waals surface area contributed by atoms with Crippen LogP contribution < -0.4 is 4.90 Å². The van der Waals surface area contributed by atoms with Crippen molar-refractivity contribution >= 4 is 5.95 Å². The molecule has 2 atom stereocenters. The molecule has 1 aromatic carbocycles. The van der Waals surface area contributed by atoms with E-state index in [9.17, 15) is 13.9 Å². The normalized spacial score (nSPS) is 23.4. The van der Waals surface area contributed by atoms with Gasteiger partial charge in [0.2, 0.25) is 11.9 Å². The Hall–Kier alpha value is -3.00. The average molecular weight is 579 g/mol. The Morgan fingerprint density at radius 1 is 0.929 bits per heavy atom. The highest BCUT2D eigenvalue weighted by Crippen LogP contribution is 2.52. The Balaban J connectivity index is 1.49. The molecule has 2 fully saturated rings. The minimum atomic E-state index is -2.70. The summed E-state index contributed by atoms with van der Waals surface area (Å²) in [6.07, 6.45) is 4.03. The summed E-state index contributed by atoms with van der Waals surface area (Å²) in [6, 6.07) is 9.24. The van der Waals surface area contributed by atoms with Gasteiger partial charge in [-0.1, -0.05) is 43.7 Å². The maximum Gasteiger partial charge on any atom is 0.248 e. The lowest BCUT2D eigenvalue weighted by Gasteiger charge is -2.41. The second-order valence-corrected chi connectivity index (χ2v) is 13.5. The highest BCUT2D eigenvalue weighted by Gasteiger charge is 2.43. The van der Waals surface area contributed by atoms with E-state index >= 15 is 4.39 Å². The van der Waals surface area contributed by atoms with Crippen molar-refractivity contribution in [3.05, 3.63) is 81.9 Å². The Bertz CT molecular complexity index is 1390. The predicted molar refractivity (Wildman–Crippen MR) is 158 cm³/mol. The van der Waals surface area contributed by atoms with Gasteiger partial charge < -0.3 is 10.0 Å². The van der Waals surface area contributed by atoms with Gasteiger partial charge in [0.1, 0.15) is 0 Å². The zero-order chi connectivity index (χ0) is 29.6. The molecule has 2 unspecified atom stereocenters. The minimum Gasteiger partial charge on any atom is -0.388 e. The predicted octanol–water partition coefficient (Wildman–Crippen LogP) is 7.92. The topological polar surface area (TPSA) is 62.1 Å². The molecule has 0 spiro atoms. The van der Waals surface area contributed by atoms with E-state index in [1.165, 1.54) is 0 Å². The second kappa shape index (κ2) is 11.3. The van der Waals surface area contributed by atoms with Crippen LogP contribution in [0.3, 0.4) is 0 Å². The number of alkyl halides is 3. The zero-order valence-electron chi connectivity index (χ0n) is 24.8. The first-order valence-electron chi connectivity index (χ1n) is 15.4. The summed E-state index contributed by atoms with van der Waals surface area (Å²) in [7, 11) is 0. The summed E-state index contributed by atoms with van der Waals surface area (Å²) >= 11 is 0. The van der Waals surface area contributed by atoms with Crippen LogP contribution in [0.2, 0.25) is 0 Å². The molecule has 3 aromatic rings. The molecule has 6 rings (SSSR count). The summed E-state index contributed by atoms with van der Waals surface area (Å²) < 4.78 is 45.8. The number of aromatic nitrogens is 3. The smallest absolute Gasteiger partial charge is 0.248 e. The lowest BCUT2D eigenvalue weighted by molar-refractivity contribution is -0.0385. The van der Waals surface area contributed by atoms with Crippen molar-refractivity contribution in [3.63, 3.8) is 0 Å². The molecule has 1 aliphatic heterocycles. The van der Waals surface area contributed by atoms with Crippen LogP contribution >= 0.6 is 0 Å². The van der Waals surface area contributed by atoms with Crippen molar-refractivity contribution in [1.29, 1.82) is 0 Å². The van der Waals surface area contributed by atoms with Crippen LogP contribution in [0, 0.1) is 12.3 Å². The quantitative estimate of drug-likeness (QED) is 0.333. The monoisotopic (exact) mass is 578 g/mol. The van der Waals surface area contributed by atoms with E-state index in [4.69, 9.17) is 4.98 Å². The van der Waals surface area contributed by atoms with Gasteiger partial charge in [0.25, 0.3) is 0 Å². The van der Waals surface area contributed by atoms with Crippen LogP contribution in [0.4, 0.5) is 19.1 Å². The molecule has 2 aliphatic carbocycles. The fraction of sp³-hybridized carbons (Fsp3) is 0.559. The first-order valence-corrected chi connectivity index (χ1v) is 15.4. The van der Waals surface area contributed by atoms with Gasteiger partial charge in [-0.3, -0.25) is 4.98 Å². The maximum atomic E-state index is 17.1. The molecule has 0 bridgehead atoms. The van der Waals surface area contributed by atoms with Crippen LogP contribution in [0.15, 0.2) is 42.7 Å². The van der Waals surface area contributed by atoms with Gasteiger partial charge in [0, 0.05) is 61.1 Å². The first-order chi connectivity index (χ1) is 20.0. The van der Waals surface area contributed by atoms with Crippen LogP contribution in [0.5, 0.6) is 0 Å². The van der Waals surface area contributed by atoms with E-state index in [0.29, 0.717) is 48.6 Å². The Kier molecular flexibility index (Phi) is 7.79. The highest BCUT2D eigenvalue weighted by molar-refractivity contribution is 5.51. The van der Waals surface area contributed by atoms with E-state index in [0.717, 1.165) is 35.4 Å². The molecule has 42 heavy (non-hydrogen) atoms. The van der Waals surface area contributed by atoms with Crippen LogP contribution in [0.25, 0.3) is 0 Å². The van der Waals surface area contributed by atoms with E-state index in [1.807, 2.05) is 31.2 Å². The van der Waals surface area contributed by atoms with Gasteiger partial charge in [-0.25, -0.2) is 23.1 Å². The minimum absolute atomic E-state index is 0.0000706. The standard InChI is InChI=1S/C34H41F3N4O/c1-21-5-7-23(8-6-21)30(35)29-27(22-9-13-34(36,37)14-10-22)28-25(19-33(2,3)20-26(28)42)40-31(29)24-11-17-41(18-12-24)32-38-15-4-16-39-32/h4-8,15-16,22,24,26,30,42H,9-14,17-20H2,1-3H3. The van der Waals surface area contributed by atoms with Gasteiger partial charge in [-0.05, 0) is 74.0 Å². The van der Waals surface area contributed by atoms with Crippen LogP contribution in [-0.4, -0.2) is 39.1 Å². The molecule has 0 radical (unpaired) electrons. The Morgan fingerprint density at radius 2 is 1.57 bits per heavy atom. The van der Waals surface area contributed by atoms with Crippen LogP contribution in [0.1, 0.15) is 122 Å². The fourth-order valence-corrected chi connectivity index (χ4v) is 7.42. The lowest BCUT2D eigenvalue weighted by Crippen LogP contribution is -2.36. The third kappa shape index (κ3) is 5.79. The van der Waals surface area contributed by atoms with Gasteiger partial charge >= 0.3 is 0 Å². The SMILES string of the molecule is Cc1ccc(C(F)c2c(C3CCN(c4ncccn4)CC3)nc3c(c2C2CCC(F)(F)CC2)C(O)CC(C)(C)C3)cc1. The third-order valence-electron chi connectivity index (χ3n) is 9.61. The molecule has 1 N–H and O–H groups in total. The number of aryl methyl sites for hydroxylation is 1. The van der Waals surface area contributed by atoms with Gasteiger partial charge in [-0.2, -0.15) is 0 Å². The lowest BCUT2D eigenvalue weighted by atomic mass is 9.68. The Morgan fingerprint density at radius 3 is 2.21 bits per heavy atom. The number of hydrogen-bond acceptors (Lipinski definition) is 5. The van der Waals surface area contributed by atoms with Gasteiger partial charge in [0.15, 0.2) is 6.17 Å². The van der Waals surface area contributed by atoms with Crippen molar-refractivity contribution in [3.8, 4) is 0 Å². The number of hydrogen-bond donors (Lipinski definition) is 1. The van der Waals surface area contributed by atoms with Crippen molar-refractivity contribution in [2.24, 2.45) is 5.41 Å². The maximum absolute atomic E-state index is 17.1. The van der Waals surface area contributed by atoms with Gasteiger partial charge in [-0.15, -0.1) is 0 Å². The summed E-state index contributed by atoms with van der Waals surface area (Å²) in [5.74, 6) is -2.26. The summed E-state index contributed by atoms with van der Waals surface area (Å²) in [4.78, 5) is 16.2. The molecule has 224 valence electrons. The molecular weight excluding hydrogens is 537 g/mol. The Labute approximate surface area is 246 Å². The number of rotatable bonds is 5. The second-order valence-electron chi connectivity index (χ2n) is 13.5. The molecule has 5 nitrogen and oxygen atoms in total. The van der Waals surface area contributed by atoms with Crippen molar-refractivity contribution in [1.82, 2.24) is 15.0 Å². The van der Waals surface area contributed by atoms with E-state index in [2.05, 4.69) is 28.7 Å². The largest absolute Gasteiger partial charge is 0.388 e. The number of halogens is 3. The van der Waals surface area contributed by atoms with Crippen molar-refractivity contribution in [2.45, 2.75) is 102 Å². The number of aliphatic hydroxyl groups excluding tert-OH is 1. The summed E-state index contributed by atoms with van der Waals surface area (Å²) in [5.41, 5.74) is 4.94. The molecule has 3 heterocycles. The molecule has 3 aliphatic rings. The van der Waals surface area contributed by atoms with Crippen molar-refractivity contribution < 1.29 is 18.3 Å². The van der Waals surface area contributed by atoms with E-state index in [1.54, 1.807) is 18.5 Å². The number of piperidine rings is 1. The molecule has 8 heteroatoms. The zero-order valence-corrected chi connectivity index (χ0v) is 24.8. The van der Waals surface area contributed by atoms with E-state index < -0.39 is 18.2 Å². The molecular formula is C34H41F3N4O. The molecule has 1 saturated heterocycles. The average Bonchev–Trinajstić information content (AvgIpc) is 2.96. The molecule has 0 amide bonds.